The van der Waals surface area contributed by atoms with Gasteiger partial charge in [-0.2, -0.15) is 0 Å². The number of amides is 1. The van der Waals surface area contributed by atoms with Gasteiger partial charge in [0, 0.05) is 30.1 Å². The molecular formula is C17H23ClN2O3. The highest BCUT2D eigenvalue weighted by Gasteiger charge is 2.34. The van der Waals surface area contributed by atoms with E-state index in [-0.39, 0.29) is 23.7 Å². The normalized spacial score (nSPS) is 20.6. The Bertz CT molecular complexity index is 700. The smallest absolute Gasteiger partial charge is 0.227 e. The van der Waals surface area contributed by atoms with E-state index >= 15 is 0 Å². The number of methoxy groups -OCH3 is 1. The van der Waals surface area contributed by atoms with Crippen LogP contribution in [-0.2, 0) is 11.2 Å². The number of carbonyl (C=O) groups excluding carboxylic acids is 1. The summed E-state index contributed by atoms with van der Waals surface area (Å²) in [4.78, 5) is 14.4. The number of nitrogens with two attached hydrogens (primary N) is 1. The van der Waals surface area contributed by atoms with Crippen molar-refractivity contribution in [3.63, 3.8) is 0 Å². The van der Waals surface area contributed by atoms with Crippen LogP contribution in [0.4, 0.5) is 0 Å². The second-order valence-electron chi connectivity index (χ2n) is 6.38. The topological polar surface area (TPSA) is 68.7 Å². The molecule has 0 spiro atoms. The third kappa shape index (κ3) is 3.46. The molecule has 1 fully saturated rings. The van der Waals surface area contributed by atoms with Gasteiger partial charge in [-0.05, 0) is 30.5 Å². The Kier molecular flexibility index (Phi) is 5.22. The number of fused-ring (bicyclic) bond motifs is 1. The SMILES string of the molecule is COc1ccc2c(CC(=O)N3CCC(C)(CN)C3)coc2c1.Cl. The Labute approximate surface area is 142 Å². The van der Waals surface area contributed by atoms with E-state index in [0.29, 0.717) is 13.0 Å². The minimum atomic E-state index is 0. The lowest BCUT2D eigenvalue weighted by atomic mass is 9.90. The number of hydrogen-bond acceptors (Lipinski definition) is 4. The summed E-state index contributed by atoms with van der Waals surface area (Å²) in [5.41, 5.74) is 7.53. The Hall–Kier alpha value is -1.72. The summed E-state index contributed by atoms with van der Waals surface area (Å²) in [6, 6.07) is 5.66. The molecule has 23 heavy (non-hydrogen) atoms. The third-order valence-electron chi connectivity index (χ3n) is 4.61. The lowest BCUT2D eigenvalue weighted by Gasteiger charge is -2.22. The Balaban J connectivity index is 0.00000192. The Morgan fingerprint density at radius 3 is 2.91 bits per heavy atom. The van der Waals surface area contributed by atoms with Crippen LogP contribution in [0, 0.1) is 5.41 Å². The average Bonchev–Trinajstić information content (AvgIpc) is 3.12. The summed E-state index contributed by atoms with van der Waals surface area (Å²) in [5, 5.41) is 0.968. The first-order chi connectivity index (χ1) is 10.5. The third-order valence-corrected chi connectivity index (χ3v) is 4.61. The molecule has 6 heteroatoms. The molecule has 1 aromatic heterocycles. The van der Waals surface area contributed by atoms with Crippen LogP contribution in [0.5, 0.6) is 5.75 Å². The fraction of sp³-hybridized carbons (Fsp3) is 0.471. The first-order valence-corrected chi connectivity index (χ1v) is 7.57. The molecule has 1 unspecified atom stereocenters. The number of carbonyl (C=O) groups is 1. The maximum Gasteiger partial charge on any atom is 0.227 e. The maximum absolute atomic E-state index is 12.5. The summed E-state index contributed by atoms with van der Waals surface area (Å²) in [6.45, 7) is 4.28. The number of ether oxygens (including phenoxy) is 1. The number of benzene rings is 1. The van der Waals surface area contributed by atoms with Gasteiger partial charge in [0.05, 0.1) is 19.8 Å². The average molecular weight is 339 g/mol. The van der Waals surface area contributed by atoms with Crippen LogP contribution in [-0.4, -0.2) is 37.6 Å². The van der Waals surface area contributed by atoms with Crippen molar-refractivity contribution >= 4 is 29.3 Å². The van der Waals surface area contributed by atoms with E-state index in [0.717, 1.165) is 41.8 Å². The summed E-state index contributed by atoms with van der Waals surface area (Å²) in [6.07, 6.45) is 3.00. The van der Waals surface area contributed by atoms with Gasteiger partial charge in [0.1, 0.15) is 11.3 Å². The molecule has 126 valence electrons. The maximum atomic E-state index is 12.5. The highest BCUT2D eigenvalue weighted by Crippen LogP contribution is 2.30. The quantitative estimate of drug-likeness (QED) is 0.930. The summed E-state index contributed by atoms with van der Waals surface area (Å²) in [7, 11) is 1.62. The zero-order chi connectivity index (χ0) is 15.7. The van der Waals surface area contributed by atoms with Gasteiger partial charge in [-0.1, -0.05) is 6.92 Å². The van der Waals surface area contributed by atoms with Gasteiger partial charge in [0.15, 0.2) is 0 Å². The fourth-order valence-corrected chi connectivity index (χ4v) is 3.01. The van der Waals surface area contributed by atoms with E-state index in [2.05, 4.69) is 6.92 Å². The number of likely N-dealkylation sites (tertiary alicyclic amines) is 1. The lowest BCUT2D eigenvalue weighted by Crippen LogP contribution is -2.35. The second-order valence-corrected chi connectivity index (χ2v) is 6.38. The van der Waals surface area contributed by atoms with Gasteiger partial charge < -0.3 is 19.8 Å². The van der Waals surface area contributed by atoms with Crippen LogP contribution in [0.3, 0.4) is 0 Å². The van der Waals surface area contributed by atoms with Crippen molar-refractivity contribution in [1.29, 1.82) is 0 Å². The molecule has 1 aromatic carbocycles. The highest BCUT2D eigenvalue weighted by molar-refractivity contribution is 5.88. The van der Waals surface area contributed by atoms with Crippen LogP contribution in [0.15, 0.2) is 28.9 Å². The number of nitrogens with zero attached hydrogens (tertiary/aromatic N) is 1. The number of furan rings is 1. The summed E-state index contributed by atoms with van der Waals surface area (Å²) < 4.78 is 10.7. The molecule has 2 heterocycles. The van der Waals surface area contributed by atoms with Crippen molar-refractivity contribution in [2.24, 2.45) is 11.1 Å². The van der Waals surface area contributed by atoms with Crippen molar-refractivity contribution in [3.05, 3.63) is 30.0 Å². The summed E-state index contributed by atoms with van der Waals surface area (Å²) >= 11 is 0. The van der Waals surface area contributed by atoms with Crippen molar-refractivity contribution in [1.82, 2.24) is 4.90 Å². The first-order valence-electron chi connectivity index (χ1n) is 7.57. The molecule has 1 aliphatic heterocycles. The van der Waals surface area contributed by atoms with Gasteiger partial charge in [-0.25, -0.2) is 0 Å². The van der Waals surface area contributed by atoms with E-state index in [1.165, 1.54) is 0 Å². The van der Waals surface area contributed by atoms with Gasteiger partial charge in [-0.3, -0.25) is 4.79 Å². The lowest BCUT2D eigenvalue weighted by molar-refractivity contribution is -0.129. The molecule has 3 rings (SSSR count). The molecule has 0 radical (unpaired) electrons. The van der Waals surface area contributed by atoms with E-state index in [4.69, 9.17) is 14.9 Å². The molecule has 2 N–H and O–H groups in total. The first kappa shape index (κ1) is 17.6. The molecular weight excluding hydrogens is 316 g/mol. The van der Waals surface area contributed by atoms with Crippen LogP contribution < -0.4 is 10.5 Å². The number of hydrogen-bond donors (Lipinski definition) is 1. The molecule has 1 atom stereocenters. The fourth-order valence-electron chi connectivity index (χ4n) is 3.01. The summed E-state index contributed by atoms with van der Waals surface area (Å²) in [5.74, 6) is 0.883. The molecule has 1 amide bonds. The largest absolute Gasteiger partial charge is 0.497 e. The van der Waals surface area contributed by atoms with Crippen LogP contribution in [0.25, 0.3) is 11.0 Å². The van der Waals surface area contributed by atoms with Crippen molar-refractivity contribution in [2.45, 2.75) is 19.8 Å². The molecule has 2 aromatic rings. The van der Waals surface area contributed by atoms with Crippen LogP contribution in [0.1, 0.15) is 18.9 Å². The predicted octanol–water partition coefficient (Wildman–Crippen LogP) is 2.60. The molecule has 0 saturated carbocycles. The van der Waals surface area contributed by atoms with Crippen molar-refractivity contribution < 1.29 is 13.9 Å². The van der Waals surface area contributed by atoms with Gasteiger partial charge in [-0.15, -0.1) is 12.4 Å². The zero-order valence-corrected chi connectivity index (χ0v) is 14.3. The number of halogens is 1. The minimum Gasteiger partial charge on any atom is -0.497 e. The van der Waals surface area contributed by atoms with E-state index in [9.17, 15) is 4.79 Å². The molecule has 0 aliphatic carbocycles. The van der Waals surface area contributed by atoms with Crippen LogP contribution in [0.2, 0.25) is 0 Å². The van der Waals surface area contributed by atoms with Crippen molar-refractivity contribution in [3.8, 4) is 5.75 Å². The molecule has 1 aliphatic rings. The standard InChI is InChI=1S/C17H22N2O3.ClH/c1-17(10-18)5-6-19(11-17)16(20)7-12-9-22-15-8-13(21-2)3-4-14(12)15;/h3-4,8-9H,5-7,10-11,18H2,1-2H3;1H. The Morgan fingerprint density at radius 1 is 1.48 bits per heavy atom. The van der Waals surface area contributed by atoms with E-state index in [1.807, 2.05) is 23.1 Å². The van der Waals surface area contributed by atoms with E-state index in [1.54, 1.807) is 13.4 Å². The van der Waals surface area contributed by atoms with Gasteiger partial charge >= 0.3 is 0 Å². The zero-order valence-electron chi connectivity index (χ0n) is 13.5. The Morgan fingerprint density at radius 2 is 2.26 bits per heavy atom. The monoisotopic (exact) mass is 338 g/mol. The van der Waals surface area contributed by atoms with Crippen LogP contribution >= 0.6 is 12.4 Å². The van der Waals surface area contributed by atoms with Gasteiger partial charge in [0.25, 0.3) is 0 Å². The molecule has 5 nitrogen and oxygen atoms in total. The molecule has 1 saturated heterocycles. The van der Waals surface area contributed by atoms with Crippen molar-refractivity contribution in [2.75, 3.05) is 26.7 Å². The second kappa shape index (κ2) is 6.81. The molecule has 0 bridgehead atoms. The highest BCUT2D eigenvalue weighted by atomic mass is 35.5. The number of rotatable bonds is 4. The van der Waals surface area contributed by atoms with E-state index < -0.39 is 0 Å². The van der Waals surface area contributed by atoms with Gasteiger partial charge in [0.2, 0.25) is 5.91 Å². The predicted molar refractivity (Wildman–Crippen MR) is 92.1 cm³/mol. The minimum absolute atomic E-state index is 0.